The number of halogens is 2. The number of hydrogen-bond donors (Lipinski definition) is 2. The van der Waals surface area contributed by atoms with E-state index in [9.17, 15) is 19.0 Å². The molecule has 2 N–H and O–H groups in total. The van der Waals surface area contributed by atoms with E-state index in [1.54, 1.807) is 24.3 Å². The zero-order valence-electron chi connectivity index (χ0n) is 21.5. The van der Waals surface area contributed by atoms with Crippen molar-refractivity contribution in [1.29, 1.82) is 0 Å². The maximum absolute atomic E-state index is 13.3. The zero-order valence-corrected chi connectivity index (χ0v) is 21.5. The Morgan fingerprint density at radius 3 is 1.79 bits per heavy atom. The van der Waals surface area contributed by atoms with E-state index in [2.05, 4.69) is 30.3 Å². The van der Waals surface area contributed by atoms with E-state index in [0.29, 0.717) is 12.8 Å². The van der Waals surface area contributed by atoms with Crippen LogP contribution in [0.5, 0.6) is 0 Å². The van der Waals surface area contributed by atoms with Crippen LogP contribution in [0, 0.1) is 11.6 Å². The SMILES string of the molecule is OCCC1(CCO)c2cc(/C=C/c3ccc(F)cc3)ccc2-c2cccc(/C=C/C=C/c3ccc(F)cc3)c21. The minimum Gasteiger partial charge on any atom is -0.396 e. The number of aliphatic hydroxyl groups excluding tert-OH is 2. The van der Waals surface area contributed by atoms with E-state index in [-0.39, 0.29) is 24.8 Å². The van der Waals surface area contributed by atoms with Gasteiger partial charge in [-0.2, -0.15) is 0 Å². The fraction of sp³-hybridized carbons (Fsp3) is 0.143. The second-order valence-corrected chi connectivity index (χ2v) is 9.76. The van der Waals surface area contributed by atoms with Crippen LogP contribution in [-0.2, 0) is 5.41 Å². The minimum absolute atomic E-state index is 0.0168. The Bertz CT molecular complexity index is 1520. The van der Waals surface area contributed by atoms with E-state index in [1.165, 1.54) is 24.3 Å². The van der Waals surface area contributed by atoms with Crippen molar-refractivity contribution in [2.24, 2.45) is 0 Å². The van der Waals surface area contributed by atoms with Crippen molar-refractivity contribution >= 4 is 24.3 Å². The van der Waals surface area contributed by atoms with Crippen molar-refractivity contribution in [2.75, 3.05) is 13.2 Å². The first-order chi connectivity index (χ1) is 19.0. The molecule has 1 aliphatic carbocycles. The van der Waals surface area contributed by atoms with Crippen LogP contribution in [0.15, 0.2) is 97.1 Å². The van der Waals surface area contributed by atoms with Crippen molar-refractivity contribution in [1.82, 2.24) is 0 Å². The van der Waals surface area contributed by atoms with Gasteiger partial charge >= 0.3 is 0 Å². The zero-order chi connectivity index (χ0) is 27.2. The van der Waals surface area contributed by atoms with Crippen LogP contribution in [0.25, 0.3) is 35.4 Å². The van der Waals surface area contributed by atoms with Crippen LogP contribution < -0.4 is 0 Å². The Labute approximate surface area is 227 Å². The third-order valence-electron chi connectivity index (χ3n) is 7.39. The maximum Gasteiger partial charge on any atom is 0.123 e. The maximum atomic E-state index is 13.3. The lowest BCUT2D eigenvalue weighted by atomic mass is 9.71. The summed E-state index contributed by atoms with van der Waals surface area (Å²) in [6.07, 6.45) is 12.8. The summed E-state index contributed by atoms with van der Waals surface area (Å²) in [5, 5.41) is 20.4. The Hall–Kier alpha value is -4.12. The Balaban J connectivity index is 1.53. The molecule has 0 atom stereocenters. The van der Waals surface area contributed by atoms with E-state index in [1.807, 2.05) is 42.5 Å². The Morgan fingerprint density at radius 2 is 1.15 bits per heavy atom. The summed E-state index contributed by atoms with van der Waals surface area (Å²) >= 11 is 0. The smallest absolute Gasteiger partial charge is 0.123 e. The van der Waals surface area contributed by atoms with E-state index >= 15 is 0 Å². The molecule has 2 nitrogen and oxygen atoms in total. The van der Waals surface area contributed by atoms with Gasteiger partial charge in [0, 0.05) is 18.6 Å². The summed E-state index contributed by atoms with van der Waals surface area (Å²) in [5.41, 5.74) is 7.67. The molecule has 4 heteroatoms. The highest BCUT2D eigenvalue weighted by molar-refractivity contribution is 5.86. The van der Waals surface area contributed by atoms with Crippen LogP contribution in [0.3, 0.4) is 0 Å². The van der Waals surface area contributed by atoms with Crippen molar-refractivity contribution < 1.29 is 19.0 Å². The van der Waals surface area contributed by atoms with Crippen LogP contribution >= 0.6 is 0 Å². The highest BCUT2D eigenvalue weighted by Gasteiger charge is 2.43. The minimum atomic E-state index is -0.546. The van der Waals surface area contributed by atoms with Gasteiger partial charge in [-0.15, -0.1) is 0 Å². The second-order valence-electron chi connectivity index (χ2n) is 9.76. The predicted molar refractivity (Wildman–Crippen MR) is 156 cm³/mol. The van der Waals surface area contributed by atoms with E-state index in [4.69, 9.17) is 0 Å². The van der Waals surface area contributed by atoms with Gasteiger partial charge in [-0.25, -0.2) is 8.78 Å². The van der Waals surface area contributed by atoms with Crippen LogP contribution in [0.2, 0.25) is 0 Å². The number of benzene rings is 4. The van der Waals surface area contributed by atoms with Gasteiger partial charge in [-0.3, -0.25) is 0 Å². The molecule has 1 aliphatic rings. The lowest BCUT2D eigenvalue weighted by Crippen LogP contribution is -2.29. The van der Waals surface area contributed by atoms with Crippen molar-refractivity contribution in [3.63, 3.8) is 0 Å². The van der Waals surface area contributed by atoms with Gasteiger partial charge in [0.25, 0.3) is 0 Å². The summed E-state index contributed by atoms with van der Waals surface area (Å²) < 4.78 is 26.5. The van der Waals surface area contributed by atoms with Crippen molar-refractivity contribution in [3.05, 3.63) is 142 Å². The van der Waals surface area contributed by atoms with Gasteiger partial charge in [0.05, 0.1) is 0 Å². The first kappa shape index (κ1) is 26.5. The number of allylic oxidation sites excluding steroid dienone is 2. The van der Waals surface area contributed by atoms with Gasteiger partial charge in [-0.1, -0.05) is 97.1 Å². The van der Waals surface area contributed by atoms with Gasteiger partial charge in [0.2, 0.25) is 0 Å². The Kier molecular flexibility index (Phi) is 7.97. The summed E-state index contributed by atoms with van der Waals surface area (Å²) in [7, 11) is 0. The molecule has 0 spiro atoms. The molecule has 0 aromatic heterocycles. The molecule has 0 saturated heterocycles. The third-order valence-corrected chi connectivity index (χ3v) is 7.39. The molecule has 0 bridgehead atoms. The number of rotatable bonds is 9. The standard InChI is InChI=1S/C35H30F2O2/c36-29-15-10-25(11-16-29)4-1-2-5-28-6-3-7-32-31-19-14-27(9-8-26-12-17-30(37)18-13-26)24-33(31)35(20-22-38,21-23-39)34(28)32/h1-19,24,38-39H,20-23H2/b4-1+,5-2+,9-8+. The van der Waals surface area contributed by atoms with Crippen molar-refractivity contribution in [3.8, 4) is 11.1 Å². The van der Waals surface area contributed by atoms with E-state index < -0.39 is 5.41 Å². The fourth-order valence-electron chi connectivity index (χ4n) is 5.59. The molecule has 0 radical (unpaired) electrons. The summed E-state index contributed by atoms with van der Waals surface area (Å²) in [4.78, 5) is 0. The molecule has 0 heterocycles. The number of hydrogen-bond acceptors (Lipinski definition) is 2. The number of aliphatic hydroxyl groups is 2. The summed E-state index contributed by atoms with van der Waals surface area (Å²) in [6.45, 7) is -0.0336. The molecule has 39 heavy (non-hydrogen) atoms. The summed E-state index contributed by atoms with van der Waals surface area (Å²) in [5.74, 6) is -0.531. The normalized spacial score (nSPS) is 13.9. The molecule has 4 aromatic rings. The number of fused-ring (bicyclic) bond motifs is 3. The lowest BCUT2D eigenvalue weighted by molar-refractivity contribution is 0.212. The highest BCUT2D eigenvalue weighted by Crippen LogP contribution is 2.54. The molecule has 4 aromatic carbocycles. The first-order valence-corrected chi connectivity index (χ1v) is 13.1. The molecule has 0 aliphatic heterocycles. The average Bonchev–Trinajstić information content (AvgIpc) is 3.22. The molecular weight excluding hydrogens is 490 g/mol. The first-order valence-electron chi connectivity index (χ1n) is 13.1. The molecule has 0 fully saturated rings. The third kappa shape index (κ3) is 5.53. The molecule has 0 saturated carbocycles. The van der Waals surface area contributed by atoms with Gasteiger partial charge in [-0.05, 0) is 81.6 Å². The molecule has 0 amide bonds. The van der Waals surface area contributed by atoms with Gasteiger partial charge < -0.3 is 10.2 Å². The topological polar surface area (TPSA) is 40.5 Å². The average molecular weight is 521 g/mol. The lowest BCUT2D eigenvalue weighted by Gasteiger charge is -2.32. The molecular formula is C35H30F2O2. The van der Waals surface area contributed by atoms with Gasteiger partial charge in [0.15, 0.2) is 0 Å². The van der Waals surface area contributed by atoms with Crippen LogP contribution in [0.4, 0.5) is 8.78 Å². The van der Waals surface area contributed by atoms with Gasteiger partial charge in [0.1, 0.15) is 11.6 Å². The summed E-state index contributed by atoms with van der Waals surface area (Å²) in [6, 6.07) is 25.2. The molecule has 0 unspecified atom stereocenters. The molecule has 5 rings (SSSR count). The monoisotopic (exact) mass is 520 g/mol. The van der Waals surface area contributed by atoms with Crippen molar-refractivity contribution in [2.45, 2.75) is 18.3 Å². The fourth-order valence-corrected chi connectivity index (χ4v) is 5.59. The van der Waals surface area contributed by atoms with E-state index in [0.717, 1.165) is 44.5 Å². The Morgan fingerprint density at radius 1 is 0.590 bits per heavy atom. The molecule has 196 valence electrons. The van der Waals surface area contributed by atoms with Crippen LogP contribution in [0.1, 0.15) is 46.2 Å². The second kappa shape index (κ2) is 11.7. The largest absolute Gasteiger partial charge is 0.396 e. The predicted octanol–water partition coefficient (Wildman–Crippen LogP) is 7.89. The highest BCUT2D eigenvalue weighted by atomic mass is 19.1. The quantitative estimate of drug-likeness (QED) is 0.174. The van der Waals surface area contributed by atoms with Crippen LogP contribution in [-0.4, -0.2) is 23.4 Å².